The molecule has 0 unspecified atom stereocenters. The molecule has 3 aromatic carbocycles. The van der Waals surface area contributed by atoms with Crippen LogP contribution in [0.15, 0.2) is 76.7 Å². The van der Waals surface area contributed by atoms with Gasteiger partial charge in [-0.25, -0.2) is 4.99 Å². The zero-order valence-corrected chi connectivity index (χ0v) is 19.0. The SMILES string of the molecule is COc1cc(C(=O)NC2=Nc3ccccc3N=C(C)[C@@H]2c2ccccc2)cc(OC)c1OC. The monoisotopic (exact) mass is 443 g/mol. The molecule has 1 heterocycles. The summed E-state index contributed by atoms with van der Waals surface area (Å²) in [5, 5.41) is 3.01. The quantitative estimate of drug-likeness (QED) is 0.597. The number of rotatable bonds is 5. The van der Waals surface area contributed by atoms with Crippen molar-refractivity contribution in [3.05, 3.63) is 77.9 Å². The van der Waals surface area contributed by atoms with Gasteiger partial charge in [0.2, 0.25) is 5.75 Å². The Hall–Kier alpha value is -4.13. The van der Waals surface area contributed by atoms with Crippen LogP contribution in [0, 0.1) is 0 Å². The maximum atomic E-state index is 13.4. The summed E-state index contributed by atoms with van der Waals surface area (Å²) < 4.78 is 16.2. The molecule has 0 spiro atoms. The number of methoxy groups -OCH3 is 3. The molecule has 0 fully saturated rings. The smallest absolute Gasteiger partial charge is 0.256 e. The van der Waals surface area contributed by atoms with E-state index in [1.54, 1.807) is 12.1 Å². The standard InChI is InChI=1S/C26H25N3O4/c1-16-23(17-10-6-5-7-11-17)25(28-20-13-9-8-12-19(20)27-16)29-26(30)18-14-21(31-2)24(33-4)22(15-18)32-3/h5-15,23H,1-4H3,(H,28,29,30)/t23-/m1/s1. The Morgan fingerprint density at radius 2 is 1.39 bits per heavy atom. The number of nitrogens with zero attached hydrogens (tertiary/aromatic N) is 2. The first-order valence-corrected chi connectivity index (χ1v) is 10.4. The van der Waals surface area contributed by atoms with E-state index in [0.717, 1.165) is 17.0 Å². The number of hydrogen-bond donors (Lipinski definition) is 1. The van der Waals surface area contributed by atoms with Crippen molar-refractivity contribution in [1.82, 2.24) is 5.32 Å². The second kappa shape index (κ2) is 9.56. The minimum atomic E-state index is -0.346. The summed E-state index contributed by atoms with van der Waals surface area (Å²) >= 11 is 0. The molecule has 4 rings (SSSR count). The molecule has 1 N–H and O–H groups in total. The Morgan fingerprint density at radius 3 is 1.97 bits per heavy atom. The normalized spacial score (nSPS) is 14.8. The van der Waals surface area contributed by atoms with E-state index in [1.165, 1.54) is 21.3 Å². The Morgan fingerprint density at radius 1 is 0.818 bits per heavy atom. The van der Waals surface area contributed by atoms with Gasteiger partial charge in [0.05, 0.1) is 38.6 Å². The topological polar surface area (TPSA) is 81.5 Å². The summed E-state index contributed by atoms with van der Waals surface area (Å²) in [6.07, 6.45) is 0. The molecule has 1 atom stereocenters. The van der Waals surface area contributed by atoms with Gasteiger partial charge < -0.3 is 19.5 Å². The number of amidine groups is 1. The van der Waals surface area contributed by atoms with E-state index in [9.17, 15) is 4.79 Å². The molecule has 1 amide bonds. The van der Waals surface area contributed by atoms with E-state index in [-0.39, 0.29) is 11.8 Å². The highest BCUT2D eigenvalue weighted by atomic mass is 16.5. The van der Waals surface area contributed by atoms with Gasteiger partial charge in [0.15, 0.2) is 11.5 Å². The molecule has 0 saturated carbocycles. The van der Waals surface area contributed by atoms with Gasteiger partial charge in [-0.05, 0) is 36.8 Å². The van der Waals surface area contributed by atoms with Crippen LogP contribution in [0.1, 0.15) is 28.8 Å². The van der Waals surface area contributed by atoms with Crippen molar-refractivity contribution in [2.45, 2.75) is 12.8 Å². The molecule has 0 radical (unpaired) electrons. The largest absolute Gasteiger partial charge is 0.493 e. The first-order valence-electron chi connectivity index (χ1n) is 10.4. The third-order valence-electron chi connectivity index (χ3n) is 5.41. The van der Waals surface area contributed by atoms with Gasteiger partial charge in [-0.3, -0.25) is 9.79 Å². The van der Waals surface area contributed by atoms with Crippen molar-refractivity contribution >= 4 is 28.8 Å². The zero-order chi connectivity index (χ0) is 23.4. The van der Waals surface area contributed by atoms with Crippen molar-refractivity contribution in [3.8, 4) is 17.2 Å². The summed E-state index contributed by atoms with van der Waals surface area (Å²) in [5.41, 5.74) is 3.61. The third-order valence-corrected chi connectivity index (χ3v) is 5.41. The summed E-state index contributed by atoms with van der Waals surface area (Å²) in [6.45, 7) is 1.95. The zero-order valence-electron chi connectivity index (χ0n) is 19.0. The fourth-order valence-corrected chi connectivity index (χ4v) is 3.85. The van der Waals surface area contributed by atoms with E-state index in [1.807, 2.05) is 61.5 Å². The van der Waals surface area contributed by atoms with Crippen molar-refractivity contribution in [1.29, 1.82) is 0 Å². The van der Waals surface area contributed by atoms with E-state index in [0.29, 0.717) is 34.3 Å². The van der Waals surface area contributed by atoms with Crippen LogP contribution in [-0.2, 0) is 0 Å². The maximum absolute atomic E-state index is 13.4. The van der Waals surface area contributed by atoms with E-state index in [2.05, 4.69) is 5.32 Å². The molecule has 0 saturated heterocycles. The molecule has 1 aliphatic heterocycles. The number of para-hydroxylation sites is 2. The Balaban J connectivity index is 1.78. The molecule has 168 valence electrons. The lowest BCUT2D eigenvalue weighted by Crippen LogP contribution is -2.37. The lowest BCUT2D eigenvalue weighted by atomic mass is 9.93. The van der Waals surface area contributed by atoms with Gasteiger partial charge in [0.1, 0.15) is 5.84 Å². The number of nitrogens with one attached hydrogen (secondary N) is 1. The minimum Gasteiger partial charge on any atom is -0.493 e. The average Bonchev–Trinajstić information content (AvgIpc) is 2.98. The number of hydrogen-bond acceptors (Lipinski definition) is 6. The molecule has 7 heteroatoms. The van der Waals surface area contributed by atoms with Gasteiger partial charge in [-0.15, -0.1) is 0 Å². The number of fused-ring (bicyclic) bond motifs is 1. The average molecular weight is 444 g/mol. The Bertz CT molecular complexity index is 1210. The van der Waals surface area contributed by atoms with Crippen LogP contribution >= 0.6 is 0 Å². The molecular formula is C26H25N3O4. The highest BCUT2D eigenvalue weighted by Crippen LogP contribution is 2.38. The van der Waals surface area contributed by atoms with Crippen molar-refractivity contribution in [2.24, 2.45) is 9.98 Å². The first kappa shape index (κ1) is 22.1. The first-order chi connectivity index (χ1) is 16.0. The second-order valence-corrected chi connectivity index (χ2v) is 7.45. The lowest BCUT2D eigenvalue weighted by Gasteiger charge is -2.20. The van der Waals surface area contributed by atoms with Gasteiger partial charge >= 0.3 is 0 Å². The lowest BCUT2D eigenvalue weighted by molar-refractivity contribution is 0.0975. The molecule has 0 aliphatic carbocycles. The van der Waals surface area contributed by atoms with Gasteiger partial charge in [0.25, 0.3) is 5.91 Å². The molecule has 33 heavy (non-hydrogen) atoms. The van der Waals surface area contributed by atoms with E-state index in [4.69, 9.17) is 24.2 Å². The van der Waals surface area contributed by atoms with Crippen LogP contribution in [0.25, 0.3) is 0 Å². The molecule has 7 nitrogen and oxygen atoms in total. The second-order valence-electron chi connectivity index (χ2n) is 7.45. The van der Waals surface area contributed by atoms with Crippen LogP contribution in [0.3, 0.4) is 0 Å². The summed E-state index contributed by atoms with van der Waals surface area (Å²) in [7, 11) is 4.54. The predicted octanol–water partition coefficient (Wildman–Crippen LogP) is 5.06. The maximum Gasteiger partial charge on any atom is 0.256 e. The van der Waals surface area contributed by atoms with Gasteiger partial charge in [-0.2, -0.15) is 0 Å². The number of aliphatic imine (C=N–C) groups is 2. The number of carbonyl (C=O) groups excluding carboxylic acids is 1. The summed E-state index contributed by atoms with van der Waals surface area (Å²) in [6, 6.07) is 20.7. The summed E-state index contributed by atoms with van der Waals surface area (Å²) in [4.78, 5) is 23.0. The van der Waals surface area contributed by atoms with Gasteiger partial charge in [0, 0.05) is 11.3 Å². The molecule has 0 aromatic heterocycles. The number of amides is 1. The highest BCUT2D eigenvalue weighted by molar-refractivity contribution is 6.19. The number of carbonyl (C=O) groups is 1. The Kier molecular flexibility index (Phi) is 6.40. The number of benzene rings is 3. The predicted molar refractivity (Wildman–Crippen MR) is 129 cm³/mol. The van der Waals surface area contributed by atoms with Crippen LogP contribution in [0.5, 0.6) is 17.2 Å². The van der Waals surface area contributed by atoms with E-state index < -0.39 is 0 Å². The minimum absolute atomic E-state index is 0.315. The highest BCUT2D eigenvalue weighted by Gasteiger charge is 2.27. The fourth-order valence-electron chi connectivity index (χ4n) is 3.85. The van der Waals surface area contributed by atoms with Crippen LogP contribution in [0.4, 0.5) is 11.4 Å². The van der Waals surface area contributed by atoms with Gasteiger partial charge in [-0.1, -0.05) is 42.5 Å². The van der Waals surface area contributed by atoms with Crippen molar-refractivity contribution in [3.63, 3.8) is 0 Å². The molecule has 1 aliphatic rings. The molecule has 0 bridgehead atoms. The van der Waals surface area contributed by atoms with Crippen LogP contribution < -0.4 is 19.5 Å². The Labute approximate surface area is 192 Å². The van der Waals surface area contributed by atoms with Crippen LogP contribution in [0.2, 0.25) is 0 Å². The number of ether oxygens (including phenoxy) is 3. The van der Waals surface area contributed by atoms with Crippen molar-refractivity contribution < 1.29 is 19.0 Å². The summed E-state index contributed by atoms with van der Waals surface area (Å²) in [5.74, 6) is 1.04. The molecule has 3 aromatic rings. The van der Waals surface area contributed by atoms with Crippen molar-refractivity contribution in [2.75, 3.05) is 21.3 Å². The third kappa shape index (κ3) is 4.43. The molecular weight excluding hydrogens is 418 g/mol. The fraction of sp³-hybridized carbons (Fsp3) is 0.192. The van der Waals surface area contributed by atoms with E-state index >= 15 is 0 Å². The van der Waals surface area contributed by atoms with Crippen LogP contribution in [-0.4, -0.2) is 38.8 Å².